The highest BCUT2D eigenvalue weighted by molar-refractivity contribution is 9.10. The lowest BCUT2D eigenvalue weighted by molar-refractivity contribution is -0.154. The molecular formula is C30H27BrN6O4. The second-order valence-corrected chi connectivity index (χ2v) is 10.6. The molecule has 1 fully saturated rings. The van der Waals surface area contributed by atoms with Gasteiger partial charge in [-0.05, 0) is 33.4 Å². The number of nitrogens with zero attached hydrogens (tertiary/aromatic N) is 5. The number of benzene rings is 3. The van der Waals surface area contributed by atoms with Gasteiger partial charge < -0.3 is 14.4 Å². The van der Waals surface area contributed by atoms with Gasteiger partial charge in [0.2, 0.25) is 0 Å². The first-order valence-corrected chi connectivity index (χ1v) is 13.9. The highest BCUT2D eigenvalue weighted by Gasteiger charge is 2.46. The Morgan fingerprint density at radius 2 is 1.66 bits per heavy atom. The van der Waals surface area contributed by atoms with Crippen LogP contribution in [0.4, 0.5) is 0 Å². The number of fused-ring (bicyclic) bond motifs is 1. The number of amides is 1. The predicted molar refractivity (Wildman–Crippen MR) is 156 cm³/mol. The highest BCUT2D eigenvalue weighted by Crippen LogP contribution is 2.37. The molecule has 0 saturated carbocycles. The van der Waals surface area contributed by atoms with Crippen LogP contribution in [-0.4, -0.2) is 69.3 Å². The Hall–Kier alpha value is -4.51. The summed E-state index contributed by atoms with van der Waals surface area (Å²) in [6.07, 6.45) is 2.41. The van der Waals surface area contributed by atoms with E-state index in [-0.39, 0.29) is 5.91 Å². The van der Waals surface area contributed by atoms with E-state index < -0.39 is 11.5 Å². The van der Waals surface area contributed by atoms with Crippen LogP contribution in [0.5, 0.6) is 5.75 Å². The summed E-state index contributed by atoms with van der Waals surface area (Å²) in [5.74, 6) is 0.142. The van der Waals surface area contributed by atoms with Crippen LogP contribution in [0.2, 0.25) is 0 Å². The summed E-state index contributed by atoms with van der Waals surface area (Å²) in [5, 5.41) is 18.0. The van der Waals surface area contributed by atoms with E-state index in [0.717, 1.165) is 27.6 Å². The molecule has 1 aliphatic rings. The quantitative estimate of drug-likeness (QED) is 0.266. The number of hydrogen-bond donors (Lipinski definition) is 1. The molecule has 11 heteroatoms. The highest BCUT2D eigenvalue weighted by atomic mass is 79.9. The molecule has 0 atom stereocenters. The lowest BCUT2D eigenvalue weighted by atomic mass is 9.87. The van der Waals surface area contributed by atoms with Crippen molar-refractivity contribution in [1.82, 2.24) is 30.1 Å². The lowest BCUT2D eigenvalue weighted by Crippen LogP contribution is -2.53. The molecule has 6 rings (SSSR count). The number of aromatic amines is 1. The molecule has 2 aromatic heterocycles. The molecule has 1 N–H and O–H groups in total. The zero-order valence-corrected chi connectivity index (χ0v) is 24.1. The molecule has 1 aliphatic heterocycles. The molecule has 10 nitrogen and oxygen atoms in total. The molecule has 0 aliphatic carbocycles. The second kappa shape index (κ2) is 10.8. The minimum absolute atomic E-state index is 0.200. The molecular weight excluding hydrogens is 588 g/mol. The summed E-state index contributed by atoms with van der Waals surface area (Å²) < 4.78 is 13.0. The third-order valence-electron chi connectivity index (χ3n) is 7.72. The molecule has 41 heavy (non-hydrogen) atoms. The Morgan fingerprint density at radius 3 is 2.37 bits per heavy atom. The minimum Gasteiger partial charge on any atom is -0.496 e. The van der Waals surface area contributed by atoms with Gasteiger partial charge in [-0.2, -0.15) is 5.10 Å². The van der Waals surface area contributed by atoms with Gasteiger partial charge >= 0.3 is 5.97 Å². The van der Waals surface area contributed by atoms with Crippen LogP contribution < -0.4 is 4.74 Å². The lowest BCUT2D eigenvalue weighted by Gasteiger charge is -2.39. The molecule has 5 aromatic rings. The standard InChI is InChI=1S/C30H27BrN6O4/c1-40-24-13-12-21(20-10-6-7-11-22(20)24)23-18-37(35-32-23)30(29(39)41-2)14-16-36(17-15-30)28(38)27-25(31)26(33-34-27)19-8-4-3-5-9-19/h3-13,18H,14-17H2,1-2H3,(H,33,34). The number of ether oxygens (including phenoxy) is 2. The summed E-state index contributed by atoms with van der Waals surface area (Å²) in [7, 11) is 3.01. The van der Waals surface area contributed by atoms with E-state index in [1.165, 1.54) is 7.11 Å². The van der Waals surface area contributed by atoms with Crippen LogP contribution in [0, 0.1) is 0 Å². The number of methoxy groups -OCH3 is 2. The molecule has 1 amide bonds. The number of hydrogen-bond acceptors (Lipinski definition) is 7. The summed E-state index contributed by atoms with van der Waals surface area (Å²) in [6, 6.07) is 21.4. The fourth-order valence-corrected chi connectivity index (χ4v) is 6.06. The van der Waals surface area contributed by atoms with E-state index in [4.69, 9.17) is 9.47 Å². The van der Waals surface area contributed by atoms with E-state index in [0.29, 0.717) is 47.5 Å². The molecule has 0 bridgehead atoms. The van der Waals surface area contributed by atoms with Crippen molar-refractivity contribution in [2.75, 3.05) is 27.3 Å². The fourth-order valence-electron chi connectivity index (χ4n) is 5.48. The predicted octanol–water partition coefficient (Wildman–Crippen LogP) is 5.06. The van der Waals surface area contributed by atoms with Gasteiger partial charge in [0.1, 0.15) is 22.8 Å². The van der Waals surface area contributed by atoms with Crippen molar-refractivity contribution in [3.05, 3.63) is 83.1 Å². The fraction of sp³-hybridized carbons (Fsp3) is 0.233. The number of halogens is 1. The number of H-pyrrole nitrogens is 1. The number of aromatic nitrogens is 5. The summed E-state index contributed by atoms with van der Waals surface area (Å²) in [4.78, 5) is 28.4. The Kier molecular flexibility index (Phi) is 7.04. The number of esters is 1. The number of carbonyl (C=O) groups excluding carboxylic acids is 2. The third-order valence-corrected chi connectivity index (χ3v) is 8.50. The molecule has 3 heterocycles. The number of piperidine rings is 1. The zero-order chi connectivity index (χ0) is 28.6. The van der Waals surface area contributed by atoms with Crippen molar-refractivity contribution in [3.63, 3.8) is 0 Å². The number of carbonyl (C=O) groups is 2. The Bertz CT molecular complexity index is 1740. The van der Waals surface area contributed by atoms with Gasteiger partial charge in [-0.1, -0.05) is 59.8 Å². The topological polar surface area (TPSA) is 115 Å². The van der Waals surface area contributed by atoms with E-state index in [9.17, 15) is 9.59 Å². The smallest absolute Gasteiger partial charge is 0.334 e. The first-order chi connectivity index (χ1) is 20.0. The number of rotatable bonds is 6. The molecule has 0 spiro atoms. The van der Waals surface area contributed by atoms with Gasteiger partial charge in [-0.25, -0.2) is 9.48 Å². The van der Waals surface area contributed by atoms with Gasteiger partial charge in [0.05, 0.1) is 24.9 Å². The summed E-state index contributed by atoms with van der Waals surface area (Å²) in [5.41, 5.74) is 2.32. The maximum absolute atomic E-state index is 13.5. The van der Waals surface area contributed by atoms with E-state index in [1.807, 2.05) is 66.7 Å². The van der Waals surface area contributed by atoms with E-state index in [2.05, 4.69) is 36.4 Å². The Morgan fingerprint density at radius 1 is 0.951 bits per heavy atom. The number of nitrogens with one attached hydrogen (secondary N) is 1. The van der Waals surface area contributed by atoms with Gasteiger partial charge in [0.15, 0.2) is 5.54 Å². The maximum Gasteiger partial charge on any atom is 0.334 e. The van der Waals surface area contributed by atoms with Crippen molar-refractivity contribution >= 4 is 38.6 Å². The van der Waals surface area contributed by atoms with Crippen LogP contribution in [-0.2, 0) is 15.1 Å². The average Bonchev–Trinajstić information content (AvgIpc) is 3.68. The first kappa shape index (κ1) is 26.7. The van der Waals surface area contributed by atoms with Crippen molar-refractivity contribution in [3.8, 4) is 28.3 Å². The van der Waals surface area contributed by atoms with Gasteiger partial charge in [-0.3, -0.25) is 9.89 Å². The van der Waals surface area contributed by atoms with E-state index >= 15 is 0 Å². The molecule has 1 saturated heterocycles. The Balaban J connectivity index is 1.27. The molecule has 0 unspecified atom stereocenters. The SMILES string of the molecule is COC(=O)C1(n2cc(-c3ccc(OC)c4ccccc34)nn2)CCN(C(=O)c2[nH]nc(-c3ccccc3)c2Br)CC1. The number of likely N-dealkylation sites (tertiary alicyclic amines) is 1. The van der Waals surface area contributed by atoms with Crippen LogP contribution in [0.1, 0.15) is 23.3 Å². The van der Waals surface area contributed by atoms with Gasteiger partial charge in [-0.15, -0.1) is 5.10 Å². The summed E-state index contributed by atoms with van der Waals surface area (Å²) in [6.45, 7) is 0.640. The first-order valence-electron chi connectivity index (χ1n) is 13.1. The average molecular weight is 615 g/mol. The van der Waals surface area contributed by atoms with E-state index in [1.54, 1.807) is 22.9 Å². The molecule has 208 valence electrons. The normalized spacial score (nSPS) is 14.7. The monoisotopic (exact) mass is 614 g/mol. The summed E-state index contributed by atoms with van der Waals surface area (Å²) >= 11 is 3.55. The van der Waals surface area contributed by atoms with Crippen LogP contribution in [0.15, 0.2) is 77.4 Å². The van der Waals surface area contributed by atoms with Gasteiger partial charge in [0, 0.05) is 42.4 Å². The van der Waals surface area contributed by atoms with Gasteiger partial charge in [0.25, 0.3) is 5.91 Å². The second-order valence-electron chi connectivity index (χ2n) is 9.85. The third kappa shape index (κ3) is 4.55. The molecule has 0 radical (unpaired) electrons. The molecule has 3 aromatic carbocycles. The zero-order valence-electron chi connectivity index (χ0n) is 22.5. The van der Waals surface area contributed by atoms with Crippen molar-refractivity contribution < 1.29 is 19.1 Å². The van der Waals surface area contributed by atoms with Crippen LogP contribution >= 0.6 is 15.9 Å². The minimum atomic E-state index is -1.10. The van der Waals surface area contributed by atoms with Crippen molar-refractivity contribution in [2.45, 2.75) is 18.4 Å². The van der Waals surface area contributed by atoms with Crippen molar-refractivity contribution in [2.24, 2.45) is 0 Å². The van der Waals surface area contributed by atoms with Crippen LogP contribution in [0.25, 0.3) is 33.3 Å². The Labute approximate surface area is 244 Å². The largest absolute Gasteiger partial charge is 0.496 e. The van der Waals surface area contributed by atoms with Crippen LogP contribution in [0.3, 0.4) is 0 Å². The van der Waals surface area contributed by atoms with Crippen molar-refractivity contribution in [1.29, 1.82) is 0 Å². The maximum atomic E-state index is 13.5.